The molecule has 7 heteroatoms. The molecule has 0 aromatic heterocycles. The van der Waals surface area contributed by atoms with E-state index in [9.17, 15) is 9.90 Å². The number of benzene rings is 1. The van der Waals surface area contributed by atoms with Crippen LogP contribution in [0.2, 0.25) is 0 Å². The highest BCUT2D eigenvalue weighted by Crippen LogP contribution is 2.43. The number of ether oxygens (including phenoxy) is 1. The van der Waals surface area contributed by atoms with Crippen LogP contribution in [0.5, 0.6) is 11.5 Å². The number of carbonyl (C=O) groups excluding carboxylic acids is 1. The quantitative estimate of drug-likeness (QED) is 0.709. The lowest BCUT2D eigenvalue weighted by atomic mass is 9.90. The molecule has 1 atom stereocenters. The highest BCUT2D eigenvalue weighted by molar-refractivity contribution is 5.82. The first kappa shape index (κ1) is 18.4. The lowest BCUT2D eigenvalue weighted by molar-refractivity contribution is -0.120. The summed E-state index contributed by atoms with van der Waals surface area (Å²) in [5.74, 6) is 2.39. The lowest BCUT2D eigenvalue weighted by Crippen LogP contribution is -2.39. The van der Waals surface area contributed by atoms with E-state index in [1.165, 1.54) is 12.8 Å². The molecule has 2 saturated heterocycles. The molecular formula is C22H27N3O4. The molecule has 0 bridgehead atoms. The molecule has 1 saturated carbocycles. The fourth-order valence-corrected chi connectivity index (χ4v) is 4.18. The molecule has 7 nitrogen and oxygen atoms in total. The number of piperidine rings is 2. The predicted molar refractivity (Wildman–Crippen MR) is 108 cm³/mol. The van der Waals surface area contributed by atoms with Crippen LogP contribution in [0.4, 0.5) is 5.69 Å². The number of nitrogens with zero attached hydrogens (tertiary/aromatic N) is 1. The van der Waals surface area contributed by atoms with Crippen LogP contribution < -0.4 is 20.4 Å². The molecule has 3 aliphatic heterocycles. The third-order valence-corrected chi connectivity index (χ3v) is 5.98. The Morgan fingerprint density at radius 2 is 2.14 bits per heavy atom. The molecule has 1 aliphatic carbocycles. The van der Waals surface area contributed by atoms with Crippen molar-refractivity contribution in [1.29, 1.82) is 0 Å². The number of hydrogen-bond acceptors (Lipinski definition) is 6. The van der Waals surface area contributed by atoms with Crippen LogP contribution >= 0.6 is 0 Å². The number of fused-ring (bicyclic) bond motifs is 1. The average molecular weight is 397 g/mol. The van der Waals surface area contributed by atoms with E-state index < -0.39 is 0 Å². The first-order valence-corrected chi connectivity index (χ1v) is 10.6. The molecule has 29 heavy (non-hydrogen) atoms. The minimum atomic E-state index is 0.00506. The number of phenols is 1. The number of rotatable bonds is 5. The first-order valence-electron chi connectivity index (χ1n) is 10.6. The summed E-state index contributed by atoms with van der Waals surface area (Å²) in [6.07, 6.45) is 7.39. The molecule has 1 amide bonds. The molecule has 0 unspecified atom stereocenters. The van der Waals surface area contributed by atoms with Crippen molar-refractivity contribution < 1.29 is 19.5 Å². The van der Waals surface area contributed by atoms with Crippen LogP contribution in [0.25, 0.3) is 0 Å². The summed E-state index contributed by atoms with van der Waals surface area (Å²) in [6, 6.07) is 5.25. The van der Waals surface area contributed by atoms with Crippen LogP contribution in [0.3, 0.4) is 0 Å². The van der Waals surface area contributed by atoms with Gasteiger partial charge in [-0.25, -0.2) is 0 Å². The Labute approximate surface area is 170 Å². The maximum atomic E-state index is 12.0. The van der Waals surface area contributed by atoms with Crippen LogP contribution in [0.1, 0.15) is 38.5 Å². The van der Waals surface area contributed by atoms with Crippen molar-refractivity contribution in [1.82, 2.24) is 10.6 Å². The van der Waals surface area contributed by atoms with E-state index in [-0.39, 0.29) is 17.6 Å². The number of anilines is 1. The second-order valence-electron chi connectivity index (χ2n) is 8.27. The smallest absolute Gasteiger partial charge is 0.224 e. The standard InChI is InChI=1S/C22H27N3O4/c26-18-4-1-5-19(28-13-14-6-7-14)21(18)25-12-17-16(8-9-20(27)24-17)22(29-25)15-3-2-10-23-11-15/h1,4-5,12,14-15,23,26H,2-3,6-11,13H2,(H,24,27)/t15-/m0/s1. The third-order valence-electron chi connectivity index (χ3n) is 5.98. The van der Waals surface area contributed by atoms with Gasteiger partial charge in [0.15, 0.2) is 5.69 Å². The van der Waals surface area contributed by atoms with Gasteiger partial charge in [0.2, 0.25) is 5.91 Å². The Morgan fingerprint density at radius 1 is 1.24 bits per heavy atom. The van der Waals surface area contributed by atoms with Crippen molar-refractivity contribution in [2.24, 2.45) is 11.8 Å². The molecule has 0 radical (unpaired) electrons. The van der Waals surface area contributed by atoms with Gasteiger partial charge in [0, 0.05) is 24.5 Å². The van der Waals surface area contributed by atoms with Gasteiger partial charge in [-0.05, 0) is 56.7 Å². The van der Waals surface area contributed by atoms with Crippen LogP contribution in [0.15, 0.2) is 41.4 Å². The van der Waals surface area contributed by atoms with Gasteiger partial charge in [-0.1, -0.05) is 6.07 Å². The van der Waals surface area contributed by atoms with Gasteiger partial charge < -0.3 is 25.3 Å². The van der Waals surface area contributed by atoms with Gasteiger partial charge in [0.05, 0.1) is 18.5 Å². The summed E-state index contributed by atoms with van der Waals surface area (Å²) in [7, 11) is 0. The summed E-state index contributed by atoms with van der Waals surface area (Å²) in [5, 5.41) is 18.6. The number of amides is 1. The van der Waals surface area contributed by atoms with Crippen LogP contribution in [-0.4, -0.2) is 30.7 Å². The van der Waals surface area contributed by atoms with Crippen molar-refractivity contribution in [3.63, 3.8) is 0 Å². The minimum Gasteiger partial charge on any atom is -0.505 e. The largest absolute Gasteiger partial charge is 0.505 e. The number of hydrogen-bond donors (Lipinski definition) is 3. The zero-order valence-corrected chi connectivity index (χ0v) is 16.4. The minimum absolute atomic E-state index is 0.00506. The van der Waals surface area contributed by atoms with E-state index in [1.807, 2.05) is 6.07 Å². The number of allylic oxidation sites excluding steroid dienone is 1. The highest BCUT2D eigenvalue weighted by atomic mass is 16.7. The number of nitrogens with one attached hydrogen (secondary N) is 2. The Hall–Kier alpha value is -2.67. The van der Waals surface area contributed by atoms with Gasteiger partial charge in [0.25, 0.3) is 0 Å². The molecule has 3 fully saturated rings. The summed E-state index contributed by atoms with van der Waals surface area (Å²) in [4.78, 5) is 18.4. The highest BCUT2D eigenvalue weighted by Gasteiger charge is 2.34. The van der Waals surface area contributed by atoms with E-state index in [4.69, 9.17) is 9.57 Å². The van der Waals surface area contributed by atoms with Gasteiger partial charge in [-0.2, -0.15) is 5.06 Å². The lowest BCUT2D eigenvalue weighted by Gasteiger charge is -2.37. The molecule has 1 aromatic carbocycles. The van der Waals surface area contributed by atoms with Gasteiger partial charge in [0.1, 0.15) is 17.3 Å². The molecule has 3 N–H and O–H groups in total. The molecule has 5 rings (SSSR count). The van der Waals surface area contributed by atoms with E-state index in [2.05, 4.69) is 10.6 Å². The average Bonchev–Trinajstić information content (AvgIpc) is 3.56. The number of carbonyl (C=O) groups is 1. The second kappa shape index (κ2) is 7.63. The van der Waals surface area contributed by atoms with E-state index in [1.54, 1.807) is 23.4 Å². The monoisotopic (exact) mass is 397 g/mol. The summed E-state index contributed by atoms with van der Waals surface area (Å²) in [5.41, 5.74) is 2.29. The number of aromatic hydroxyl groups is 1. The van der Waals surface area contributed by atoms with Crippen molar-refractivity contribution in [3.8, 4) is 11.5 Å². The zero-order chi connectivity index (χ0) is 19.8. The van der Waals surface area contributed by atoms with Gasteiger partial charge >= 0.3 is 0 Å². The van der Waals surface area contributed by atoms with E-state index >= 15 is 0 Å². The first-order chi connectivity index (χ1) is 14.2. The molecule has 154 valence electrons. The Kier molecular flexibility index (Phi) is 4.83. The third kappa shape index (κ3) is 3.79. The number of hydroxylamine groups is 1. The summed E-state index contributed by atoms with van der Waals surface area (Å²) < 4.78 is 6.01. The van der Waals surface area contributed by atoms with E-state index in [0.29, 0.717) is 36.8 Å². The van der Waals surface area contributed by atoms with Gasteiger partial charge in [-0.3, -0.25) is 4.79 Å². The van der Waals surface area contributed by atoms with Crippen molar-refractivity contribution in [3.05, 3.63) is 41.4 Å². The Bertz CT molecular complexity index is 869. The van der Waals surface area contributed by atoms with Crippen molar-refractivity contribution in [2.45, 2.75) is 38.5 Å². The van der Waals surface area contributed by atoms with Gasteiger partial charge in [-0.15, -0.1) is 0 Å². The molecular weight excluding hydrogens is 370 g/mol. The van der Waals surface area contributed by atoms with E-state index in [0.717, 1.165) is 43.0 Å². The Balaban J connectivity index is 1.49. The molecule has 4 aliphatic rings. The second-order valence-corrected chi connectivity index (χ2v) is 8.27. The summed E-state index contributed by atoms with van der Waals surface area (Å²) in [6.45, 7) is 2.50. The number of phenolic OH excluding ortho intramolecular Hbond substituents is 1. The maximum Gasteiger partial charge on any atom is 0.224 e. The van der Waals surface area contributed by atoms with Crippen LogP contribution in [0, 0.1) is 11.8 Å². The Morgan fingerprint density at radius 3 is 2.93 bits per heavy atom. The zero-order valence-electron chi connectivity index (χ0n) is 16.4. The normalized spacial score (nSPS) is 24.4. The van der Waals surface area contributed by atoms with Crippen molar-refractivity contribution in [2.75, 3.05) is 24.8 Å². The van der Waals surface area contributed by atoms with Crippen LogP contribution in [-0.2, 0) is 9.63 Å². The molecule has 3 heterocycles. The van der Waals surface area contributed by atoms with Crippen molar-refractivity contribution >= 4 is 11.6 Å². The fraction of sp³-hybridized carbons (Fsp3) is 0.500. The topological polar surface area (TPSA) is 83.1 Å². The number of para-hydroxylation sites is 1. The molecule has 1 aromatic rings. The SMILES string of the molecule is O=C1CCC2=C([C@H]3CCCNC3)ON(c3c(O)cccc3OCC3CC3)C=C2N1. The summed E-state index contributed by atoms with van der Waals surface area (Å²) >= 11 is 0. The predicted octanol–water partition coefficient (Wildman–Crippen LogP) is 2.94. The fourth-order valence-electron chi connectivity index (χ4n) is 4.18. The maximum absolute atomic E-state index is 12.0. The molecule has 0 spiro atoms.